The molecule has 0 unspecified atom stereocenters. The first-order chi connectivity index (χ1) is 6.09. The van der Waals surface area contributed by atoms with Gasteiger partial charge in [-0.05, 0) is 13.8 Å². The third kappa shape index (κ3) is 1.00. The molecule has 5 heteroatoms. The highest BCUT2D eigenvalue weighted by Crippen LogP contribution is 2.12. The number of amides is 2. The lowest BCUT2D eigenvalue weighted by atomic mass is 10.3. The van der Waals surface area contributed by atoms with Crippen molar-refractivity contribution in [2.45, 2.75) is 13.8 Å². The molecule has 1 N–H and O–H groups in total. The average Bonchev–Trinajstić information content (AvgIpc) is 2.31. The van der Waals surface area contributed by atoms with E-state index in [9.17, 15) is 9.59 Å². The summed E-state index contributed by atoms with van der Waals surface area (Å²) in [6.07, 6.45) is 0. The van der Waals surface area contributed by atoms with E-state index in [4.69, 9.17) is 0 Å². The molecular weight excluding hydrogens is 170 g/mol. The minimum absolute atomic E-state index is 0.133. The molecule has 0 atom stereocenters. The van der Waals surface area contributed by atoms with Crippen molar-refractivity contribution in [3.05, 3.63) is 22.8 Å². The zero-order valence-electron chi connectivity index (χ0n) is 7.21. The van der Waals surface area contributed by atoms with Gasteiger partial charge in [-0.15, -0.1) is 0 Å². The number of carbonyl (C=O) groups excluding carboxylic acids is 2. The third-order valence-electron chi connectivity index (χ3n) is 1.96. The predicted molar refractivity (Wildman–Crippen MR) is 43.3 cm³/mol. The van der Waals surface area contributed by atoms with Gasteiger partial charge in [0.05, 0.1) is 11.4 Å². The lowest BCUT2D eigenvalue weighted by Gasteiger charge is -1.98. The Kier molecular flexibility index (Phi) is 1.42. The third-order valence-corrected chi connectivity index (χ3v) is 1.96. The number of hydrogen-bond donors (Lipinski definition) is 1. The van der Waals surface area contributed by atoms with Crippen LogP contribution in [0.1, 0.15) is 32.4 Å². The first-order valence-corrected chi connectivity index (χ1v) is 3.80. The molecule has 5 nitrogen and oxygen atoms in total. The largest absolute Gasteiger partial charge is 0.285 e. The van der Waals surface area contributed by atoms with Crippen LogP contribution in [-0.2, 0) is 0 Å². The lowest BCUT2D eigenvalue weighted by molar-refractivity contribution is 0.0876. The molecule has 0 radical (unpaired) electrons. The summed E-state index contributed by atoms with van der Waals surface area (Å²) >= 11 is 0. The highest BCUT2D eigenvalue weighted by molar-refractivity contribution is 6.19. The molecule has 0 aromatic carbocycles. The number of carbonyl (C=O) groups is 2. The second kappa shape index (κ2) is 2.35. The van der Waals surface area contributed by atoms with E-state index in [0.29, 0.717) is 11.4 Å². The molecule has 0 fully saturated rings. The predicted octanol–water partition coefficient (Wildman–Crippen LogP) is -0.0230. The number of hydrogen-bond acceptors (Lipinski definition) is 4. The van der Waals surface area contributed by atoms with Crippen molar-refractivity contribution in [3.8, 4) is 0 Å². The summed E-state index contributed by atoms with van der Waals surface area (Å²) in [6.45, 7) is 3.50. The monoisotopic (exact) mass is 177 g/mol. The molecule has 0 saturated carbocycles. The Morgan fingerprint density at radius 1 is 0.923 bits per heavy atom. The summed E-state index contributed by atoms with van der Waals surface area (Å²) in [6, 6.07) is 0. The molecule has 2 amide bonds. The van der Waals surface area contributed by atoms with E-state index in [0.717, 1.165) is 0 Å². The van der Waals surface area contributed by atoms with Crippen molar-refractivity contribution >= 4 is 11.8 Å². The van der Waals surface area contributed by atoms with E-state index in [-0.39, 0.29) is 11.4 Å². The molecule has 66 valence electrons. The number of aromatic nitrogens is 2. The first-order valence-electron chi connectivity index (χ1n) is 3.80. The molecule has 1 aromatic rings. The summed E-state index contributed by atoms with van der Waals surface area (Å²) in [7, 11) is 0. The maximum Gasteiger partial charge on any atom is 0.279 e. The molecular formula is C8H7N3O2. The standard InChI is InChI=1S/C8H7N3O2/c1-3-4(2)10-6-5(9-3)7(12)11-8(6)13/h1-2H3,(H,11,12,13). The Morgan fingerprint density at radius 3 is 1.69 bits per heavy atom. The van der Waals surface area contributed by atoms with Gasteiger partial charge in [-0.1, -0.05) is 0 Å². The van der Waals surface area contributed by atoms with Crippen molar-refractivity contribution in [2.75, 3.05) is 0 Å². The van der Waals surface area contributed by atoms with Crippen LogP contribution >= 0.6 is 0 Å². The summed E-state index contributed by atoms with van der Waals surface area (Å²) in [5.41, 5.74) is 1.61. The SMILES string of the molecule is Cc1nc2c(nc1C)C(=O)NC2=O. The fourth-order valence-corrected chi connectivity index (χ4v) is 1.14. The van der Waals surface area contributed by atoms with E-state index >= 15 is 0 Å². The van der Waals surface area contributed by atoms with Crippen LogP contribution in [0.25, 0.3) is 0 Å². The average molecular weight is 177 g/mol. The van der Waals surface area contributed by atoms with Gasteiger partial charge in [0.25, 0.3) is 11.8 Å². The smallest absolute Gasteiger partial charge is 0.279 e. The maximum absolute atomic E-state index is 11.1. The van der Waals surface area contributed by atoms with Gasteiger partial charge in [0.15, 0.2) is 11.4 Å². The van der Waals surface area contributed by atoms with Crippen molar-refractivity contribution in [1.82, 2.24) is 15.3 Å². The van der Waals surface area contributed by atoms with Gasteiger partial charge in [-0.2, -0.15) is 0 Å². The van der Waals surface area contributed by atoms with Crippen molar-refractivity contribution in [1.29, 1.82) is 0 Å². The second-order valence-electron chi connectivity index (χ2n) is 2.87. The Balaban J connectivity index is 2.72. The minimum atomic E-state index is -0.462. The van der Waals surface area contributed by atoms with E-state index in [1.54, 1.807) is 13.8 Å². The molecule has 0 bridgehead atoms. The van der Waals surface area contributed by atoms with Gasteiger partial charge < -0.3 is 0 Å². The quantitative estimate of drug-likeness (QED) is 0.565. The number of rotatable bonds is 0. The molecule has 0 saturated heterocycles. The van der Waals surface area contributed by atoms with Gasteiger partial charge in [-0.25, -0.2) is 9.97 Å². The molecule has 1 aliphatic rings. The Hall–Kier alpha value is -1.78. The Morgan fingerprint density at radius 2 is 1.31 bits per heavy atom. The van der Waals surface area contributed by atoms with Gasteiger partial charge in [0, 0.05) is 0 Å². The van der Waals surface area contributed by atoms with Gasteiger partial charge in [0.1, 0.15) is 0 Å². The number of nitrogens with zero attached hydrogens (tertiary/aromatic N) is 2. The minimum Gasteiger partial charge on any atom is -0.285 e. The van der Waals surface area contributed by atoms with E-state index in [2.05, 4.69) is 15.3 Å². The maximum atomic E-state index is 11.1. The number of aryl methyl sites for hydroxylation is 2. The first kappa shape index (κ1) is 7.85. The van der Waals surface area contributed by atoms with E-state index in [1.165, 1.54) is 0 Å². The van der Waals surface area contributed by atoms with Crippen molar-refractivity contribution < 1.29 is 9.59 Å². The second-order valence-corrected chi connectivity index (χ2v) is 2.87. The fraction of sp³-hybridized carbons (Fsp3) is 0.250. The normalized spacial score (nSPS) is 14.3. The lowest BCUT2D eigenvalue weighted by Crippen LogP contribution is -2.20. The Bertz CT molecular complexity index is 387. The Labute approximate surface area is 74.2 Å². The fourth-order valence-electron chi connectivity index (χ4n) is 1.14. The van der Waals surface area contributed by atoms with Crippen LogP contribution in [0.5, 0.6) is 0 Å². The summed E-state index contributed by atoms with van der Waals surface area (Å²) in [5, 5.41) is 2.13. The molecule has 1 aliphatic heterocycles. The van der Waals surface area contributed by atoms with E-state index in [1.807, 2.05) is 0 Å². The molecule has 0 spiro atoms. The van der Waals surface area contributed by atoms with Crippen LogP contribution in [0, 0.1) is 13.8 Å². The van der Waals surface area contributed by atoms with Gasteiger partial charge >= 0.3 is 0 Å². The molecule has 1 aromatic heterocycles. The van der Waals surface area contributed by atoms with Crippen LogP contribution < -0.4 is 5.32 Å². The van der Waals surface area contributed by atoms with Crippen LogP contribution in [0.3, 0.4) is 0 Å². The van der Waals surface area contributed by atoms with E-state index < -0.39 is 11.8 Å². The summed E-state index contributed by atoms with van der Waals surface area (Å²) in [5.74, 6) is -0.925. The molecule has 2 rings (SSSR count). The highest BCUT2D eigenvalue weighted by Gasteiger charge is 2.30. The zero-order valence-corrected chi connectivity index (χ0v) is 7.21. The molecule has 2 heterocycles. The topological polar surface area (TPSA) is 72.0 Å². The van der Waals surface area contributed by atoms with Crippen LogP contribution in [-0.4, -0.2) is 21.8 Å². The van der Waals surface area contributed by atoms with Gasteiger partial charge in [0.2, 0.25) is 0 Å². The van der Waals surface area contributed by atoms with Crippen LogP contribution in [0.15, 0.2) is 0 Å². The molecule has 13 heavy (non-hydrogen) atoms. The van der Waals surface area contributed by atoms with Crippen LogP contribution in [0.2, 0.25) is 0 Å². The van der Waals surface area contributed by atoms with Crippen molar-refractivity contribution in [3.63, 3.8) is 0 Å². The number of fused-ring (bicyclic) bond motifs is 1. The number of imide groups is 1. The summed E-state index contributed by atoms with van der Waals surface area (Å²) in [4.78, 5) is 30.2. The zero-order chi connectivity index (χ0) is 9.59. The van der Waals surface area contributed by atoms with Crippen LogP contribution in [0.4, 0.5) is 0 Å². The summed E-state index contributed by atoms with van der Waals surface area (Å²) < 4.78 is 0. The van der Waals surface area contributed by atoms with Gasteiger partial charge in [-0.3, -0.25) is 14.9 Å². The molecule has 0 aliphatic carbocycles. The van der Waals surface area contributed by atoms with Crippen molar-refractivity contribution in [2.24, 2.45) is 0 Å². The number of nitrogens with one attached hydrogen (secondary N) is 1. The highest BCUT2D eigenvalue weighted by atomic mass is 16.2.